The first-order valence-corrected chi connectivity index (χ1v) is 11.8. The lowest BCUT2D eigenvalue weighted by Gasteiger charge is -2.19. The van der Waals surface area contributed by atoms with Gasteiger partial charge in [0.2, 0.25) is 5.82 Å². The standard InChI is InChI=1S/C23H30N6O2S/c1-5-13-28(14-6-2)23-26-19(15-32-23)17-7-9-18(10-8-17)25-22-20(29(30)31)11-12-21(27-22)24-16(3)4/h7-12,15-16H,5-6,13-14H2,1-4H3,(H2,24,25,27). The molecule has 0 atom stereocenters. The number of thiazole rings is 1. The van der Waals surface area contributed by atoms with Crippen LogP contribution in [-0.4, -0.2) is 34.0 Å². The molecule has 0 saturated heterocycles. The zero-order valence-electron chi connectivity index (χ0n) is 19.0. The second-order valence-electron chi connectivity index (χ2n) is 7.83. The molecule has 1 aromatic carbocycles. The third-order valence-corrected chi connectivity index (χ3v) is 5.60. The van der Waals surface area contributed by atoms with Crippen molar-refractivity contribution in [1.29, 1.82) is 0 Å². The van der Waals surface area contributed by atoms with Crippen LogP contribution in [0, 0.1) is 10.1 Å². The van der Waals surface area contributed by atoms with E-state index in [4.69, 9.17) is 4.98 Å². The first kappa shape index (κ1) is 23.5. The molecule has 3 rings (SSSR count). The molecule has 32 heavy (non-hydrogen) atoms. The highest BCUT2D eigenvalue weighted by molar-refractivity contribution is 7.14. The van der Waals surface area contributed by atoms with Gasteiger partial charge in [0.1, 0.15) is 5.82 Å². The average molecular weight is 455 g/mol. The fourth-order valence-electron chi connectivity index (χ4n) is 3.31. The summed E-state index contributed by atoms with van der Waals surface area (Å²) in [6.45, 7) is 10.3. The summed E-state index contributed by atoms with van der Waals surface area (Å²) < 4.78 is 0. The first-order valence-electron chi connectivity index (χ1n) is 10.9. The van der Waals surface area contributed by atoms with E-state index in [1.54, 1.807) is 17.4 Å². The third-order valence-electron chi connectivity index (χ3n) is 4.70. The summed E-state index contributed by atoms with van der Waals surface area (Å²) in [5, 5.41) is 20.8. The Labute approximate surface area is 192 Å². The molecule has 0 spiro atoms. The Bertz CT molecular complexity index is 1030. The molecule has 0 radical (unpaired) electrons. The summed E-state index contributed by atoms with van der Waals surface area (Å²) in [6, 6.07) is 11.0. The summed E-state index contributed by atoms with van der Waals surface area (Å²) in [6.07, 6.45) is 2.17. The number of anilines is 4. The largest absolute Gasteiger partial charge is 0.368 e. The number of pyridine rings is 1. The lowest BCUT2D eigenvalue weighted by atomic mass is 10.1. The molecule has 9 heteroatoms. The van der Waals surface area contributed by atoms with Crippen molar-refractivity contribution in [2.45, 2.75) is 46.6 Å². The first-order chi connectivity index (χ1) is 15.4. The van der Waals surface area contributed by atoms with E-state index >= 15 is 0 Å². The fourth-order valence-corrected chi connectivity index (χ4v) is 4.20. The van der Waals surface area contributed by atoms with Crippen molar-refractivity contribution in [3.8, 4) is 11.3 Å². The van der Waals surface area contributed by atoms with Gasteiger partial charge in [-0.25, -0.2) is 9.97 Å². The predicted octanol–water partition coefficient (Wildman–Crippen LogP) is 6.30. The minimum atomic E-state index is -0.433. The molecule has 8 nitrogen and oxygen atoms in total. The maximum Gasteiger partial charge on any atom is 0.311 e. The number of aromatic nitrogens is 2. The SMILES string of the molecule is CCCN(CCC)c1nc(-c2ccc(Nc3nc(NC(C)C)ccc3[N+](=O)[O-])cc2)cs1. The van der Waals surface area contributed by atoms with E-state index in [0.717, 1.165) is 48.0 Å². The van der Waals surface area contributed by atoms with E-state index in [0.29, 0.717) is 5.82 Å². The van der Waals surface area contributed by atoms with Gasteiger partial charge in [-0.2, -0.15) is 0 Å². The maximum atomic E-state index is 11.4. The number of hydrogen-bond acceptors (Lipinski definition) is 8. The van der Waals surface area contributed by atoms with Crippen LogP contribution in [0.15, 0.2) is 41.8 Å². The van der Waals surface area contributed by atoms with Gasteiger partial charge < -0.3 is 15.5 Å². The van der Waals surface area contributed by atoms with Crippen LogP contribution in [0.4, 0.5) is 28.1 Å². The van der Waals surface area contributed by atoms with E-state index in [9.17, 15) is 10.1 Å². The van der Waals surface area contributed by atoms with Crippen molar-refractivity contribution in [1.82, 2.24) is 9.97 Å². The van der Waals surface area contributed by atoms with Crippen LogP contribution in [0.1, 0.15) is 40.5 Å². The minimum Gasteiger partial charge on any atom is -0.368 e. The van der Waals surface area contributed by atoms with Crippen LogP contribution < -0.4 is 15.5 Å². The number of nitro groups is 1. The molecule has 0 bridgehead atoms. The minimum absolute atomic E-state index is 0.0699. The normalized spacial score (nSPS) is 10.9. The quantitative estimate of drug-likeness (QED) is 0.259. The molecule has 0 aliphatic carbocycles. The Kier molecular flexibility index (Phi) is 7.99. The van der Waals surface area contributed by atoms with Crippen molar-refractivity contribution < 1.29 is 4.92 Å². The molecule has 0 unspecified atom stereocenters. The van der Waals surface area contributed by atoms with Crippen molar-refractivity contribution in [3.05, 3.63) is 51.9 Å². The Morgan fingerprint density at radius 1 is 1.06 bits per heavy atom. The highest BCUT2D eigenvalue weighted by atomic mass is 32.1. The second kappa shape index (κ2) is 10.9. The molecule has 0 amide bonds. The molecule has 3 aromatic rings. The van der Waals surface area contributed by atoms with Crippen LogP contribution in [0.2, 0.25) is 0 Å². The Morgan fingerprint density at radius 3 is 2.34 bits per heavy atom. The Morgan fingerprint density at radius 2 is 1.75 bits per heavy atom. The summed E-state index contributed by atoms with van der Waals surface area (Å²) >= 11 is 1.66. The third kappa shape index (κ3) is 5.94. The summed E-state index contributed by atoms with van der Waals surface area (Å²) in [4.78, 5) is 22.5. The van der Waals surface area contributed by atoms with Gasteiger partial charge in [-0.05, 0) is 44.9 Å². The number of rotatable bonds is 11. The fraction of sp³-hybridized carbons (Fsp3) is 0.391. The highest BCUT2D eigenvalue weighted by Gasteiger charge is 2.17. The molecule has 2 aromatic heterocycles. The zero-order valence-corrected chi connectivity index (χ0v) is 19.8. The molecular weight excluding hydrogens is 424 g/mol. The average Bonchev–Trinajstić information content (AvgIpc) is 3.24. The van der Waals surface area contributed by atoms with E-state index in [2.05, 4.69) is 39.7 Å². The van der Waals surface area contributed by atoms with Crippen LogP contribution in [-0.2, 0) is 0 Å². The zero-order chi connectivity index (χ0) is 23.1. The topological polar surface area (TPSA) is 96.2 Å². The number of benzene rings is 1. The summed E-state index contributed by atoms with van der Waals surface area (Å²) in [5.41, 5.74) is 2.59. The Balaban J connectivity index is 1.79. The molecule has 2 N–H and O–H groups in total. The molecular formula is C23H30N6O2S. The summed E-state index contributed by atoms with van der Waals surface area (Å²) in [5.74, 6) is 0.794. The van der Waals surface area contributed by atoms with Crippen LogP contribution in [0.3, 0.4) is 0 Å². The predicted molar refractivity (Wildman–Crippen MR) is 133 cm³/mol. The number of nitrogens with zero attached hydrogens (tertiary/aromatic N) is 4. The summed E-state index contributed by atoms with van der Waals surface area (Å²) in [7, 11) is 0. The van der Waals surface area contributed by atoms with Crippen molar-refractivity contribution >= 4 is 39.5 Å². The highest BCUT2D eigenvalue weighted by Crippen LogP contribution is 2.31. The lowest BCUT2D eigenvalue weighted by molar-refractivity contribution is -0.384. The van der Waals surface area contributed by atoms with E-state index in [1.165, 1.54) is 6.07 Å². The van der Waals surface area contributed by atoms with Gasteiger partial charge in [-0.15, -0.1) is 11.3 Å². The maximum absolute atomic E-state index is 11.4. The van der Waals surface area contributed by atoms with Crippen LogP contribution in [0.5, 0.6) is 0 Å². The molecule has 0 saturated carbocycles. The van der Waals surface area contributed by atoms with Crippen molar-refractivity contribution in [2.24, 2.45) is 0 Å². The van der Waals surface area contributed by atoms with Crippen molar-refractivity contribution in [3.63, 3.8) is 0 Å². The molecule has 170 valence electrons. The van der Waals surface area contributed by atoms with Crippen LogP contribution >= 0.6 is 11.3 Å². The molecule has 2 heterocycles. The smallest absolute Gasteiger partial charge is 0.311 e. The van der Waals surface area contributed by atoms with Gasteiger partial charge in [0.15, 0.2) is 5.13 Å². The lowest BCUT2D eigenvalue weighted by Crippen LogP contribution is -2.24. The van der Waals surface area contributed by atoms with E-state index in [1.807, 2.05) is 38.1 Å². The number of nitrogens with one attached hydrogen (secondary N) is 2. The Hall–Kier alpha value is -3.20. The van der Waals surface area contributed by atoms with Gasteiger partial charge in [0.25, 0.3) is 0 Å². The number of hydrogen-bond donors (Lipinski definition) is 2. The van der Waals surface area contributed by atoms with Gasteiger partial charge in [-0.3, -0.25) is 10.1 Å². The van der Waals surface area contributed by atoms with Gasteiger partial charge in [0.05, 0.1) is 10.6 Å². The van der Waals surface area contributed by atoms with E-state index < -0.39 is 4.92 Å². The van der Waals surface area contributed by atoms with Crippen molar-refractivity contribution in [2.75, 3.05) is 28.6 Å². The monoisotopic (exact) mass is 454 g/mol. The van der Waals surface area contributed by atoms with Gasteiger partial charge in [-0.1, -0.05) is 26.0 Å². The van der Waals surface area contributed by atoms with Gasteiger partial charge >= 0.3 is 5.69 Å². The molecule has 0 aliphatic heterocycles. The van der Waals surface area contributed by atoms with Gasteiger partial charge in [0, 0.05) is 41.8 Å². The molecule has 0 aliphatic rings. The van der Waals surface area contributed by atoms with Crippen LogP contribution in [0.25, 0.3) is 11.3 Å². The molecule has 0 fully saturated rings. The second-order valence-corrected chi connectivity index (χ2v) is 8.66. The van der Waals surface area contributed by atoms with E-state index in [-0.39, 0.29) is 17.5 Å².